The van der Waals surface area contributed by atoms with Gasteiger partial charge in [0.15, 0.2) is 0 Å². The first-order valence-electron chi connectivity index (χ1n) is 2.05. The topological polar surface area (TPSA) is 52.6 Å². The van der Waals surface area contributed by atoms with Crippen LogP contribution in [0.1, 0.15) is 6.92 Å². The fourth-order valence-corrected chi connectivity index (χ4v) is 0.513. The molecule has 0 aromatic rings. The molecular formula is C4H6O4S. The van der Waals surface area contributed by atoms with Gasteiger partial charge in [-0.05, 0) is 0 Å². The maximum absolute atomic E-state index is 10.2. The van der Waals surface area contributed by atoms with Crippen molar-refractivity contribution in [1.29, 1.82) is 0 Å². The van der Waals surface area contributed by atoms with Gasteiger partial charge in [0.2, 0.25) is 0 Å². The summed E-state index contributed by atoms with van der Waals surface area (Å²) in [6.07, 6.45) is 0.930. The molecule has 9 heavy (non-hydrogen) atoms. The third-order valence-electron chi connectivity index (χ3n) is 0.332. The van der Waals surface area contributed by atoms with Crippen molar-refractivity contribution in [3.8, 4) is 0 Å². The number of hydrogen-bond acceptors (Lipinski definition) is 4. The summed E-state index contributed by atoms with van der Waals surface area (Å²) in [5.41, 5.74) is 0. The Bertz CT molecular complexity index is 142. The van der Waals surface area contributed by atoms with Crippen molar-refractivity contribution in [3.63, 3.8) is 0 Å². The molecule has 0 aromatic heterocycles. The van der Waals surface area contributed by atoms with Crippen LogP contribution in [0, 0.1) is 0 Å². The van der Waals surface area contributed by atoms with Crippen molar-refractivity contribution in [3.05, 3.63) is 12.8 Å². The summed E-state index contributed by atoms with van der Waals surface area (Å²) in [6.45, 7) is 4.23. The number of hydrogen-bond donors (Lipinski definition) is 0. The minimum Gasteiger partial charge on any atom is -0.380 e. The maximum atomic E-state index is 10.2. The predicted molar refractivity (Wildman–Crippen MR) is 31.2 cm³/mol. The largest absolute Gasteiger partial charge is 0.419 e. The molecule has 4 nitrogen and oxygen atoms in total. The average Bonchev–Trinajstić information content (AvgIpc) is 1.63. The van der Waals surface area contributed by atoms with E-state index in [0.717, 1.165) is 13.2 Å². The Morgan fingerprint density at radius 3 is 2.67 bits per heavy atom. The van der Waals surface area contributed by atoms with E-state index >= 15 is 0 Å². The molecule has 0 rings (SSSR count). The summed E-state index contributed by atoms with van der Waals surface area (Å²) >= 11 is -2.02. The minimum atomic E-state index is -2.02. The molecule has 0 aliphatic heterocycles. The van der Waals surface area contributed by atoms with Gasteiger partial charge in [0.05, 0.1) is 0 Å². The van der Waals surface area contributed by atoms with Gasteiger partial charge in [0.1, 0.15) is 6.26 Å². The lowest BCUT2D eigenvalue weighted by molar-refractivity contribution is -0.131. The molecule has 5 heteroatoms. The van der Waals surface area contributed by atoms with Gasteiger partial charge in [-0.2, -0.15) is 4.21 Å². The average molecular weight is 150 g/mol. The highest BCUT2D eigenvalue weighted by molar-refractivity contribution is 7.75. The first kappa shape index (κ1) is 8.16. The molecule has 0 N–H and O–H groups in total. The lowest BCUT2D eigenvalue weighted by Gasteiger charge is -1.94. The Hall–Kier alpha value is -0.840. The van der Waals surface area contributed by atoms with Gasteiger partial charge in [-0.1, -0.05) is 6.58 Å². The lowest BCUT2D eigenvalue weighted by atomic mass is 10.9. The van der Waals surface area contributed by atoms with Crippen LogP contribution in [0.4, 0.5) is 0 Å². The smallest absolute Gasteiger partial charge is 0.380 e. The van der Waals surface area contributed by atoms with Gasteiger partial charge in [0, 0.05) is 6.92 Å². The Morgan fingerprint density at radius 1 is 1.78 bits per heavy atom. The van der Waals surface area contributed by atoms with Crippen molar-refractivity contribution in [2.24, 2.45) is 0 Å². The highest BCUT2D eigenvalue weighted by atomic mass is 32.2. The highest BCUT2D eigenvalue weighted by Crippen LogP contribution is 1.88. The number of carbonyl (C=O) groups is 1. The van der Waals surface area contributed by atoms with E-state index in [4.69, 9.17) is 0 Å². The van der Waals surface area contributed by atoms with E-state index in [1.54, 1.807) is 0 Å². The molecule has 0 saturated heterocycles. The number of carbonyl (C=O) groups excluding carboxylic acids is 1. The zero-order valence-electron chi connectivity index (χ0n) is 4.83. The normalized spacial score (nSPS) is 11.7. The van der Waals surface area contributed by atoms with Crippen LogP contribution < -0.4 is 0 Å². The van der Waals surface area contributed by atoms with E-state index in [-0.39, 0.29) is 0 Å². The van der Waals surface area contributed by atoms with Crippen molar-refractivity contribution >= 4 is 17.3 Å². The fourth-order valence-electron chi connectivity index (χ4n) is 0.171. The lowest BCUT2D eigenvalue weighted by Crippen LogP contribution is -2.02. The second kappa shape index (κ2) is 4.08. The molecule has 52 valence electrons. The third kappa shape index (κ3) is 5.02. The van der Waals surface area contributed by atoms with E-state index in [0.29, 0.717) is 0 Å². The van der Waals surface area contributed by atoms with Gasteiger partial charge in [0.25, 0.3) is 0 Å². The molecule has 0 spiro atoms. The summed E-state index contributed by atoms with van der Waals surface area (Å²) in [4.78, 5) is 10.00. The fraction of sp³-hybridized carbons (Fsp3) is 0.250. The maximum Gasteiger partial charge on any atom is 0.419 e. The van der Waals surface area contributed by atoms with Crippen LogP contribution in [0.25, 0.3) is 0 Å². The van der Waals surface area contributed by atoms with Crippen LogP contribution >= 0.6 is 0 Å². The molecule has 0 amide bonds. The summed E-state index contributed by atoms with van der Waals surface area (Å²) in [5, 5.41) is 0. The highest BCUT2D eigenvalue weighted by Gasteiger charge is 2.00. The SMILES string of the molecule is C=COS(=O)OC(C)=O. The Labute approximate surface area is 55.3 Å². The molecule has 0 aromatic carbocycles. The molecule has 0 fully saturated rings. The predicted octanol–water partition coefficient (Wildman–Crippen LogP) is 0.288. The van der Waals surface area contributed by atoms with Gasteiger partial charge in [-0.25, -0.2) is 0 Å². The molecule has 1 unspecified atom stereocenters. The van der Waals surface area contributed by atoms with E-state index in [1.807, 2.05) is 0 Å². The van der Waals surface area contributed by atoms with Gasteiger partial charge in [-0.3, -0.25) is 4.79 Å². The second-order valence-electron chi connectivity index (χ2n) is 1.04. The third-order valence-corrected chi connectivity index (χ3v) is 0.996. The van der Waals surface area contributed by atoms with Crippen molar-refractivity contribution < 1.29 is 17.4 Å². The van der Waals surface area contributed by atoms with Crippen LogP contribution in [0.2, 0.25) is 0 Å². The number of rotatable bonds is 3. The molecule has 0 bridgehead atoms. The van der Waals surface area contributed by atoms with Crippen LogP contribution in [0.5, 0.6) is 0 Å². The van der Waals surface area contributed by atoms with E-state index in [9.17, 15) is 9.00 Å². The zero-order valence-corrected chi connectivity index (χ0v) is 5.64. The van der Waals surface area contributed by atoms with E-state index in [2.05, 4.69) is 14.9 Å². The summed E-state index contributed by atoms with van der Waals surface area (Å²) in [7, 11) is 0. The quantitative estimate of drug-likeness (QED) is 0.542. The Balaban J connectivity index is 3.50. The van der Waals surface area contributed by atoms with Crippen molar-refractivity contribution in [1.82, 2.24) is 0 Å². The summed E-state index contributed by atoms with van der Waals surface area (Å²) in [6, 6.07) is 0. The van der Waals surface area contributed by atoms with Crippen LogP contribution in [0.15, 0.2) is 12.8 Å². The first-order valence-corrected chi connectivity index (χ1v) is 3.05. The minimum absolute atomic E-state index is 0.657. The van der Waals surface area contributed by atoms with Gasteiger partial charge < -0.3 is 8.37 Å². The molecule has 0 radical (unpaired) electrons. The molecule has 0 aliphatic carbocycles. The van der Waals surface area contributed by atoms with Crippen LogP contribution in [-0.2, 0) is 24.5 Å². The molecular weight excluding hydrogens is 144 g/mol. The molecule has 1 atom stereocenters. The Morgan fingerprint density at radius 2 is 2.33 bits per heavy atom. The van der Waals surface area contributed by atoms with Gasteiger partial charge in [-0.15, -0.1) is 0 Å². The zero-order chi connectivity index (χ0) is 7.28. The molecule has 0 heterocycles. The van der Waals surface area contributed by atoms with Crippen LogP contribution in [0.3, 0.4) is 0 Å². The monoisotopic (exact) mass is 150 g/mol. The second-order valence-corrected chi connectivity index (χ2v) is 1.81. The standard InChI is InChI=1S/C4H6O4S/c1-3-7-9(6)8-4(2)5/h3H,1H2,2H3. The van der Waals surface area contributed by atoms with Crippen LogP contribution in [-0.4, -0.2) is 10.2 Å². The van der Waals surface area contributed by atoms with Crippen molar-refractivity contribution in [2.75, 3.05) is 0 Å². The van der Waals surface area contributed by atoms with Crippen molar-refractivity contribution in [2.45, 2.75) is 6.92 Å². The Kier molecular flexibility index (Phi) is 3.70. The first-order chi connectivity index (χ1) is 4.16. The van der Waals surface area contributed by atoms with E-state index < -0.39 is 17.3 Å². The van der Waals surface area contributed by atoms with E-state index in [1.165, 1.54) is 0 Å². The van der Waals surface area contributed by atoms with Gasteiger partial charge >= 0.3 is 17.3 Å². The summed E-state index contributed by atoms with van der Waals surface area (Å²) in [5.74, 6) is -0.657. The molecule has 0 saturated carbocycles. The molecule has 0 aliphatic rings. The summed E-state index contributed by atoms with van der Waals surface area (Å²) < 4.78 is 18.4.